The second-order valence-electron chi connectivity index (χ2n) is 19.4. The van der Waals surface area contributed by atoms with E-state index in [4.69, 9.17) is 15.2 Å². The van der Waals surface area contributed by atoms with Crippen LogP contribution >= 0.6 is 0 Å². The van der Waals surface area contributed by atoms with Crippen molar-refractivity contribution in [2.24, 2.45) is 0 Å². The second-order valence-corrected chi connectivity index (χ2v) is 19.4. The number of amides is 2. The number of hydrogen-bond acceptors (Lipinski definition) is 10. The van der Waals surface area contributed by atoms with Gasteiger partial charge in [-0.05, 0) is 82.6 Å². The molecule has 388 valence electrons. The number of nitrogens with zero attached hydrogens (tertiary/aromatic N) is 7. The van der Waals surface area contributed by atoms with Crippen molar-refractivity contribution in [3.8, 4) is 23.3 Å². The van der Waals surface area contributed by atoms with Gasteiger partial charge in [0, 0.05) is 104 Å². The summed E-state index contributed by atoms with van der Waals surface area (Å²) in [4.78, 5) is 45.4. The predicted octanol–water partition coefficient (Wildman–Crippen LogP) is 11.1. The maximum atomic E-state index is 12.9. The van der Waals surface area contributed by atoms with Gasteiger partial charge in [-0.15, -0.1) is 0 Å². The Morgan fingerprint density at radius 3 is 1.17 bits per heavy atom. The molecule has 12 heteroatoms. The van der Waals surface area contributed by atoms with Crippen LogP contribution in [0.4, 0.5) is 11.4 Å². The van der Waals surface area contributed by atoms with E-state index < -0.39 is 0 Å². The molecule has 2 N–H and O–H groups in total. The van der Waals surface area contributed by atoms with Crippen LogP contribution in [0.1, 0.15) is 46.2 Å². The summed E-state index contributed by atoms with van der Waals surface area (Å²) < 4.78 is 11.8. The second kappa shape index (κ2) is 27.3. The Morgan fingerprint density at radius 2 is 0.803 bits per heavy atom. The molecular weight excluding hydrogens is 945 g/mol. The van der Waals surface area contributed by atoms with Crippen LogP contribution in [0.5, 0.6) is 23.3 Å². The number of hydrogen-bond donors (Lipinski definition) is 1. The minimum absolute atomic E-state index is 0.228. The highest BCUT2D eigenvalue weighted by Gasteiger charge is 2.22. The number of carbonyl (C=O) groups excluding carboxylic acids is 2. The van der Waals surface area contributed by atoms with Crippen molar-refractivity contribution in [2.75, 3.05) is 63.0 Å². The molecule has 12 nitrogen and oxygen atoms in total. The molecule has 2 aliphatic rings. The summed E-state index contributed by atoms with van der Waals surface area (Å²) in [5.74, 6) is 2.95. The molecule has 4 heterocycles. The Bertz CT molecular complexity index is 2930. The number of aromatic nitrogens is 2. The van der Waals surface area contributed by atoms with Gasteiger partial charge in [0.25, 0.3) is 0 Å². The first-order chi connectivity index (χ1) is 37.3. The smallest absolute Gasteiger partial charge is 0.222 e. The minimum atomic E-state index is 0.228. The summed E-state index contributed by atoms with van der Waals surface area (Å²) in [7, 11) is 0. The van der Waals surface area contributed by atoms with Crippen molar-refractivity contribution in [1.29, 1.82) is 0 Å². The van der Waals surface area contributed by atoms with Gasteiger partial charge in [0.2, 0.25) is 23.6 Å². The highest BCUT2D eigenvalue weighted by Crippen LogP contribution is 2.26. The average molecular weight is 1010 g/mol. The minimum Gasteiger partial charge on any atom is -0.439 e. The summed E-state index contributed by atoms with van der Waals surface area (Å²) in [5.41, 5.74) is 14.7. The fourth-order valence-electron chi connectivity index (χ4n) is 9.42. The molecule has 2 fully saturated rings. The number of aryl methyl sites for hydroxylation is 2. The number of nitrogens with two attached hydrogens (primary N) is 1. The number of anilines is 2. The lowest BCUT2D eigenvalue weighted by Crippen LogP contribution is -2.48. The first kappa shape index (κ1) is 52.5. The summed E-state index contributed by atoms with van der Waals surface area (Å²) in [5, 5.41) is 0. The largest absolute Gasteiger partial charge is 0.439 e. The molecule has 10 rings (SSSR count). The topological polar surface area (TPSA) is 121 Å². The molecule has 0 bridgehead atoms. The molecule has 0 radical (unpaired) electrons. The van der Waals surface area contributed by atoms with Crippen molar-refractivity contribution in [3.05, 3.63) is 240 Å². The van der Waals surface area contributed by atoms with Gasteiger partial charge in [-0.2, -0.15) is 0 Å². The summed E-state index contributed by atoms with van der Waals surface area (Å²) in [6, 6.07) is 65.3. The van der Waals surface area contributed by atoms with Crippen molar-refractivity contribution in [2.45, 2.75) is 51.9 Å². The molecule has 0 saturated carbocycles. The predicted molar refractivity (Wildman–Crippen MR) is 302 cm³/mol. The molecule has 2 aliphatic heterocycles. The molecule has 0 atom stereocenters. The van der Waals surface area contributed by atoms with E-state index in [9.17, 15) is 9.59 Å². The Labute approximate surface area is 448 Å². The van der Waals surface area contributed by atoms with E-state index in [0.29, 0.717) is 36.0 Å². The number of carbonyl (C=O) groups is 2. The Morgan fingerprint density at radius 1 is 0.421 bits per heavy atom. The Kier molecular flexibility index (Phi) is 18.9. The van der Waals surface area contributed by atoms with Crippen LogP contribution in [0.15, 0.2) is 207 Å². The lowest BCUT2D eigenvalue weighted by atomic mass is 10.1. The number of benzene rings is 6. The maximum absolute atomic E-state index is 12.9. The van der Waals surface area contributed by atoms with Gasteiger partial charge in [-0.1, -0.05) is 146 Å². The van der Waals surface area contributed by atoms with E-state index in [2.05, 4.69) is 128 Å². The summed E-state index contributed by atoms with van der Waals surface area (Å²) >= 11 is 0. The highest BCUT2D eigenvalue weighted by molar-refractivity contribution is 5.77. The molecule has 2 amide bonds. The zero-order valence-electron chi connectivity index (χ0n) is 43.3. The number of pyridine rings is 2. The van der Waals surface area contributed by atoms with Crippen molar-refractivity contribution in [3.63, 3.8) is 0 Å². The van der Waals surface area contributed by atoms with Crippen LogP contribution in [0.25, 0.3) is 0 Å². The monoisotopic (exact) mass is 1010 g/mol. The van der Waals surface area contributed by atoms with Gasteiger partial charge in [-0.25, -0.2) is 9.97 Å². The number of piperazine rings is 2. The molecule has 0 unspecified atom stereocenters. The van der Waals surface area contributed by atoms with E-state index in [0.717, 1.165) is 114 Å². The molecule has 0 aliphatic carbocycles. The number of ether oxygens (including phenoxy) is 2. The van der Waals surface area contributed by atoms with Crippen LogP contribution < -0.4 is 20.1 Å². The highest BCUT2D eigenvalue weighted by atomic mass is 16.5. The van der Waals surface area contributed by atoms with E-state index in [-0.39, 0.29) is 11.8 Å². The quantitative estimate of drug-likeness (QED) is 0.0838. The van der Waals surface area contributed by atoms with Crippen LogP contribution in [-0.2, 0) is 48.6 Å². The Balaban J connectivity index is 0.000000199. The van der Waals surface area contributed by atoms with Crippen LogP contribution in [-0.4, -0.2) is 93.7 Å². The van der Waals surface area contributed by atoms with Gasteiger partial charge in [0.15, 0.2) is 0 Å². The van der Waals surface area contributed by atoms with Gasteiger partial charge in [0.05, 0.1) is 23.8 Å². The first-order valence-corrected chi connectivity index (χ1v) is 26.5. The zero-order chi connectivity index (χ0) is 52.2. The lowest BCUT2D eigenvalue weighted by Gasteiger charge is -2.34. The van der Waals surface area contributed by atoms with Crippen LogP contribution in [0, 0.1) is 0 Å². The summed E-state index contributed by atoms with van der Waals surface area (Å²) in [6.45, 7) is 10.3. The fourth-order valence-corrected chi connectivity index (χ4v) is 9.42. The van der Waals surface area contributed by atoms with E-state index >= 15 is 0 Å². The molecule has 2 saturated heterocycles. The summed E-state index contributed by atoms with van der Waals surface area (Å²) in [6.07, 6.45) is 5.93. The molecule has 6 aromatic carbocycles. The van der Waals surface area contributed by atoms with Gasteiger partial charge >= 0.3 is 0 Å². The van der Waals surface area contributed by atoms with Crippen molar-refractivity contribution >= 4 is 23.2 Å². The molecule has 76 heavy (non-hydrogen) atoms. The van der Waals surface area contributed by atoms with Crippen LogP contribution in [0.2, 0.25) is 0 Å². The molecule has 8 aromatic rings. The molecular formula is C64H68N8O4. The average Bonchev–Trinajstić information content (AvgIpc) is 3.47. The standard InChI is InChI=1S/C39H40N4O2.C25H28N4O2/c44-39(42-26-24-41(25-27-42)29-33-10-4-1-5-11-33)23-18-32-16-20-37(21-17-32)45-38-22-19-36(28-40-38)43(30-34-12-6-2-7-13-34)31-35-14-8-3-9-15-35;26-22-9-12-24(27-18-22)31-23-10-6-20(7-11-23)8-13-25(30)29-16-14-28(15-17-29)19-21-4-2-1-3-5-21/h1-17,19-22,28H,18,23-27,29-31H2;1-7,9-12,18H,8,13-17,19,26H2. The normalized spacial score (nSPS) is 13.8. The third-order valence-electron chi connectivity index (χ3n) is 13.8. The lowest BCUT2D eigenvalue weighted by molar-refractivity contribution is -0.133. The van der Waals surface area contributed by atoms with Crippen LogP contribution in [0.3, 0.4) is 0 Å². The van der Waals surface area contributed by atoms with Crippen molar-refractivity contribution < 1.29 is 19.1 Å². The van der Waals surface area contributed by atoms with E-state index in [1.54, 1.807) is 18.3 Å². The van der Waals surface area contributed by atoms with E-state index in [1.807, 2.05) is 94.9 Å². The number of rotatable bonds is 19. The third kappa shape index (κ3) is 16.3. The zero-order valence-corrected chi connectivity index (χ0v) is 43.3. The molecule has 0 spiro atoms. The van der Waals surface area contributed by atoms with Crippen molar-refractivity contribution in [1.82, 2.24) is 29.6 Å². The van der Waals surface area contributed by atoms with Gasteiger partial charge in [0.1, 0.15) is 11.5 Å². The number of nitrogen functional groups attached to an aromatic ring is 1. The maximum Gasteiger partial charge on any atom is 0.222 e. The van der Waals surface area contributed by atoms with Gasteiger partial charge in [-0.3, -0.25) is 19.4 Å². The Hall–Kier alpha value is -8.32. The first-order valence-electron chi connectivity index (χ1n) is 26.5. The fraction of sp³-hybridized carbons (Fsp3) is 0.250. The van der Waals surface area contributed by atoms with E-state index in [1.165, 1.54) is 22.3 Å². The molecule has 2 aromatic heterocycles. The van der Waals surface area contributed by atoms with Gasteiger partial charge < -0.3 is 29.9 Å². The SMILES string of the molecule is Nc1ccc(Oc2ccc(CCC(=O)N3CCN(Cc4ccccc4)CC3)cc2)nc1.O=C(CCc1ccc(Oc2ccc(N(Cc3ccccc3)Cc3ccccc3)cn2)cc1)N1CCN(Cc2ccccc2)CC1. The third-order valence-corrected chi connectivity index (χ3v) is 13.8.